The van der Waals surface area contributed by atoms with Crippen molar-refractivity contribution in [3.05, 3.63) is 35.9 Å². The topological polar surface area (TPSA) is 35.5 Å². The summed E-state index contributed by atoms with van der Waals surface area (Å²) in [7, 11) is 3.13. The quantitative estimate of drug-likeness (QED) is 0.735. The van der Waals surface area contributed by atoms with E-state index in [0.717, 1.165) is 11.3 Å². The molecule has 3 nitrogen and oxygen atoms in total. The minimum absolute atomic E-state index is 0.0779. The number of rotatable bonds is 5. The normalized spacial score (nSPS) is 11.8. The third-order valence-corrected chi connectivity index (χ3v) is 2.66. The summed E-state index contributed by atoms with van der Waals surface area (Å²) in [5.74, 6) is 0.665. The van der Waals surface area contributed by atoms with Gasteiger partial charge in [0, 0.05) is 12.7 Å². The van der Waals surface area contributed by atoms with E-state index in [1.165, 1.54) is 13.2 Å². The summed E-state index contributed by atoms with van der Waals surface area (Å²) in [6, 6.07) is 7.53. The minimum Gasteiger partial charge on any atom is -0.496 e. The first kappa shape index (κ1) is 13.5. The molecule has 0 amide bonds. The van der Waals surface area contributed by atoms with E-state index in [9.17, 15) is 4.79 Å². The van der Waals surface area contributed by atoms with Crippen molar-refractivity contribution in [2.45, 2.75) is 19.4 Å². The first-order valence-corrected chi connectivity index (χ1v) is 5.42. The number of benzene rings is 1. The lowest BCUT2D eigenvalue weighted by molar-refractivity contribution is -0.131. The number of carbonyl (C=O) groups is 1. The smallest absolute Gasteiger partial charge is 0.186 e. The van der Waals surface area contributed by atoms with E-state index in [4.69, 9.17) is 9.47 Å². The Labute approximate surface area is 102 Å². The second-order valence-electron chi connectivity index (χ2n) is 4.15. The summed E-state index contributed by atoms with van der Waals surface area (Å²) in [5, 5.41) is 0. The molecule has 0 saturated heterocycles. The third-order valence-electron chi connectivity index (χ3n) is 2.66. The Morgan fingerprint density at radius 1 is 1.24 bits per heavy atom. The van der Waals surface area contributed by atoms with Gasteiger partial charge in [0.2, 0.25) is 0 Å². The molecule has 0 heterocycles. The van der Waals surface area contributed by atoms with Gasteiger partial charge in [-0.2, -0.15) is 0 Å². The van der Waals surface area contributed by atoms with Gasteiger partial charge in [0.25, 0.3) is 0 Å². The van der Waals surface area contributed by atoms with E-state index in [0.29, 0.717) is 0 Å². The van der Waals surface area contributed by atoms with Crippen molar-refractivity contribution in [2.75, 3.05) is 14.2 Å². The standard InChI is InChI=1S/C14H18O3/c1-14(2,17-4)13(15)10-9-11-7-5-6-8-12(11)16-3/h5-10H,1-4H3. The van der Waals surface area contributed by atoms with Gasteiger partial charge in [-0.05, 0) is 32.1 Å². The minimum atomic E-state index is -0.793. The highest BCUT2D eigenvalue weighted by atomic mass is 16.5. The molecule has 17 heavy (non-hydrogen) atoms. The zero-order chi connectivity index (χ0) is 12.9. The Morgan fingerprint density at radius 3 is 2.47 bits per heavy atom. The molecule has 0 aliphatic rings. The van der Waals surface area contributed by atoms with Gasteiger partial charge >= 0.3 is 0 Å². The lowest BCUT2D eigenvalue weighted by Gasteiger charge is -2.18. The van der Waals surface area contributed by atoms with Crippen LogP contribution in [-0.2, 0) is 9.53 Å². The van der Waals surface area contributed by atoms with Crippen LogP contribution in [0, 0.1) is 0 Å². The van der Waals surface area contributed by atoms with Crippen molar-refractivity contribution in [1.29, 1.82) is 0 Å². The van der Waals surface area contributed by atoms with E-state index >= 15 is 0 Å². The highest BCUT2D eigenvalue weighted by molar-refractivity contribution is 5.99. The summed E-state index contributed by atoms with van der Waals surface area (Å²) in [6.07, 6.45) is 3.25. The molecule has 1 rings (SSSR count). The first-order valence-electron chi connectivity index (χ1n) is 5.42. The van der Waals surface area contributed by atoms with Crippen LogP contribution in [-0.4, -0.2) is 25.6 Å². The van der Waals surface area contributed by atoms with Gasteiger partial charge in [-0.3, -0.25) is 4.79 Å². The highest BCUT2D eigenvalue weighted by Crippen LogP contribution is 2.19. The van der Waals surface area contributed by atoms with Crippen LogP contribution in [0.4, 0.5) is 0 Å². The highest BCUT2D eigenvalue weighted by Gasteiger charge is 2.24. The van der Waals surface area contributed by atoms with Crippen LogP contribution in [0.5, 0.6) is 5.75 Å². The molecular formula is C14H18O3. The van der Waals surface area contributed by atoms with E-state index in [1.807, 2.05) is 24.3 Å². The molecule has 0 radical (unpaired) electrons. The number of hydrogen-bond donors (Lipinski definition) is 0. The van der Waals surface area contributed by atoms with E-state index < -0.39 is 5.60 Å². The molecule has 0 atom stereocenters. The SMILES string of the molecule is COc1ccccc1C=CC(=O)C(C)(C)OC. The Kier molecular flexibility index (Phi) is 4.46. The molecule has 0 N–H and O–H groups in total. The maximum atomic E-state index is 11.8. The van der Waals surface area contributed by atoms with Crippen molar-refractivity contribution in [1.82, 2.24) is 0 Å². The monoisotopic (exact) mass is 234 g/mol. The number of ketones is 1. The predicted molar refractivity (Wildman–Crippen MR) is 68.1 cm³/mol. The molecule has 0 bridgehead atoms. The molecule has 0 aliphatic heterocycles. The Balaban J connectivity index is 2.88. The van der Waals surface area contributed by atoms with Crippen LogP contribution in [0.3, 0.4) is 0 Å². The summed E-state index contributed by atoms with van der Waals surface area (Å²) < 4.78 is 10.3. The fraction of sp³-hybridized carbons (Fsp3) is 0.357. The van der Waals surface area contributed by atoms with Gasteiger partial charge < -0.3 is 9.47 Å². The number of para-hydroxylation sites is 1. The molecule has 0 aromatic heterocycles. The third kappa shape index (κ3) is 3.43. The Bertz CT molecular complexity index is 419. The molecule has 0 saturated carbocycles. The second-order valence-corrected chi connectivity index (χ2v) is 4.15. The maximum Gasteiger partial charge on any atom is 0.186 e. The zero-order valence-electron chi connectivity index (χ0n) is 10.7. The molecular weight excluding hydrogens is 216 g/mol. The summed E-state index contributed by atoms with van der Waals surface area (Å²) in [6.45, 7) is 3.48. The van der Waals surface area contributed by atoms with Crippen LogP contribution >= 0.6 is 0 Å². The number of ether oxygens (including phenoxy) is 2. The van der Waals surface area contributed by atoms with Crippen LogP contribution in [0.1, 0.15) is 19.4 Å². The van der Waals surface area contributed by atoms with Gasteiger partial charge in [-0.1, -0.05) is 18.2 Å². The maximum absolute atomic E-state index is 11.8. The zero-order valence-corrected chi connectivity index (χ0v) is 10.7. The first-order chi connectivity index (χ1) is 8.01. The van der Waals surface area contributed by atoms with Crippen LogP contribution < -0.4 is 4.74 Å². The van der Waals surface area contributed by atoms with Crippen molar-refractivity contribution < 1.29 is 14.3 Å². The fourth-order valence-electron chi connectivity index (χ4n) is 1.27. The van der Waals surface area contributed by atoms with Gasteiger partial charge in [-0.25, -0.2) is 0 Å². The fourth-order valence-corrected chi connectivity index (χ4v) is 1.27. The largest absolute Gasteiger partial charge is 0.496 e. The predicted octanol–water partition coefficient (Wildman–Crippen LogP) is 2.70. The van der Waals surface area contributed by atoms with E-state index in [2.05, 4.69) is 0 Å². The Hall–Kier alpha value is -1.61. The molecule has 92 valence electrons. The summed E-state index contributed by atoms with van der Waals surface area (Å²) in [5.41, 5.74) is 0.0775. The number of carbonyl (C=O) groups excluding carboxylic acids is 1. The number of hydrogen-bond acceptors (Lipinski definition) is 3. The van der Waals surface area contributed by atoms with E-state index in [1.54, 1.807) is 27.0 Å². The Morgan fingerprint density at radius 2 is 1.88 bits per heavy atom. The molecule has 0 aliphatic carbocycles. The molecule has 3 heteroatoms. The average molecular weight is 234 g/mol. The van der Waals surface area contributed by atoms with Crippen molar-refractivity contribution in [3.63, 3.8) is 0 Å². The molecule has 1 aromatic carbocycles. The van der Waals surface area contributed by atoms with Crippen LogP contribution in [0.15, 0.2) is 30.3 Å². The molecule has 0 unspecified atom stereocenters. The molecule has 0 spiro atoms. The van der Waals surface area contributed by atoms with Crippen LogP contribution in [0.2, 0.25) is 0 Å². The van der Waals surface area contributed by atoms with Gasteiger partial charge in [0.15, 0.2) is 5.78 Å². The van der Waals surface area contributed by atoms with Crippen molar-refractivity contribution in [2.24, 2.45) is 0 Å². The van der Waals surface area contributed by atoms with Gasteiger partial charge in [0.1, 0.15) is 11.4 Å². The molecule has 1 aromatic rings. The van der Waals surface area contributed by atoms with Gasteiger partial charge in [0.05, 0.1) is 7.11 Å². The number of methoxy groups -OCH3 is 2. The van der Waals surface area contributed by atoms with Crippen molar-refractivity contribution >= 4 is 11.9 Å². The van der Waals surface area contributed by atoms with Crippen molar-refractivity contribution in [3.8, 4) is 5.75 Å². The summed E-state index contributed by atoms with van der Waals surface area (Å²) in [4.78, 5) is 11.8. The molecule has 0 fully saturated rings. The van der Waals surface area contributed by atoms with Gasteiger partial charge in [-0.15, -0.1) is 0 Å². The van der Waals surface area contributed by atoms with E-state index in [-0.39, 0.29) is 5.78 Å². The lowest BCUT2D eigenvalue weighted by atomic mass is 10.0. The second kappa shape index (κ2) is 5.64. The van der Waals surface area contributed by atoms with Crippen LogP contribution in [0.25, 0.3) is 6.08 Å². The summed E-state index contributed by atoms with van der Waals surface area (Å²) >= 11 is 0. The average Bonchev–Trinajstić information content (AvgIpc) is 2.36. The lowest BCUT2D eigenvalue weighted by Crippen LogP contribution is -2.32.